The van der Waals surface area contributed by atoms with Crippen LogP contribution in [0.3, 0.4) is 0 Å². The number of nitrogens with one attached hydrogen (secondary N) is 1. The molecule has 1 saturated heterocycles. The first-order valence-electron chi connectivity index (χ1n) is 8.43. The minimum atomic E-state index is 0.188. The summed E-state index contributed by atoms with van der Waals surface area (Å²) in [5.41, 5.74) is 1.27. The van der Waals surface area contributed by atoms with E-state index in [1.165, 1.54) is 32.4 Å². The van der Waals surface area contributed by atoms with Crippen LogP contribution in [0.15, 0.2) is 6.20 Å². The molecule has 2 atom stereocenters. The van der Waals surface area contributed by atoms with E-state index in [0.29, 0.717) is 6.04 Å². The maximum Gasteiger partial charge on any atom is 0.0843 e. The highest BCUT2D eigenvalue weighted by Crippen LogP contribution is 2.29. The Bertz CT molecular complexity index is 424. The minimum Gasteiger partial charge on any atom is -0.312 e. The summed E-state index contributed by atoms with van der Waals surface area (Å²) >= 11 is 0. The van der Waals surface area contributed by atoms with Crippen LogP contribution in [0.2, 0.25) is 0 Å². The van der Waals surface area contributed by atoms with Gasteiger partial charge >= 0.3 is 0 Å². The summed E-state index contributed by atoms with van der Waals surface area (Å²) in [6, 6.07) is 0.419. The summed E-state index contributed by atoms with van der Waals surface area (Å²) < 4.78 is 1.79. The second-order valence-electron chi connectivity index (χ2n) is 6.46. The van der Waals surface area contributed by atoms with Gasteiger partial charge in [-0.3, -0.25) is 9.58 Å². The highest BCUT2D eigenvalue weighted by molar-refractivity contribution is 5.05. The number of hydrogen-bond donors (Lipinski definition) is 1. The van der Waals surface area contributed by atoms with Gasteiger partial charge in [0.25, 0.3) is 0 Å². The Kier molecular flexibility index (Phi) is 5.76. The van der Waals surface area contributed by atoms with E-state index in [4.69, 9.17) is 0 Å². The third kappa shape index (κ3) is 3.83. The van der Waals surface area contributed by atoms with E-state index in [1.54, 1.807) is 4.68 Å². The Balaban J connectivity index is 2.15. The average molecular weight is 293 g/mol. The highest BCUT2D eigenvalue weighted by Gasteiger charge is 2.38. The van der Waals surface area contributed by atoms with Crippen molar-refractivity contribution >= 4 is 0 Å². The monoisotopic (exact) mass is 293 g/mol. The quantitative estimate of drug-likeness (QED) is 0.835. The second kappa shape index (κ2) is 7.36. The van der Waals surface area contributed by atoms with E-state index >= 15 is 0 Å². The van der Waals surface area contributed by atoms with Gasteiger partial charge < -0.3 is 5.32 Å². The fraction of sp³-hybridized carbons (Fsp3) is 0.875. The van der Waals surface area contributed by atoms with Crippen LogP contribution in [0, 0.1) is 0 Å². The molecule has 1 aliphatic rings. The molecule has 2 heterocycles. The minimum absolute atomic E-state index is 0.188. The molecular formula is C16H31N5. The molecule has 1 N–H and O–H groups in total. The lowest BCUT2D eigenvalue weighted by Crippen LogP contribution is -2.61. The van der Waals surface area contributed by atoms with E-state index in [1.807, 2.05) is 13.2 Å². The van der Waals surface area contributed by atoms with Gasteiger partial charge in [0.15, 0.2) is 0 Å². The molecule has 5 heteroatoms. The van der Waals surface area contributed by atoms with E-state index in [9.17, 15) is 0 Å². The van der Waals surface area contributed by atoms with Gasteiger partial charge in [0.2, 0.25) is 0 Å². The number of nitrogens with zero attached hydrogens (tertiary/aromatic N) is 4. The SMILES string of the molecule is CCNC(Cc1cn(C)nn1)C(C)(CC)N1CCCCC1. The second-order valence-corrected chi connectivity index (χ2v) is 6.46. The first-order chi connectivity index (χ1) is 10.1. The molecule has 1 aromatic heterocycles. The van der Waals surface area contributed by atoms with Crippen molar-refractivity contribution in [3.05, 3.63) is 11.9 Å². The predicted octanol–water partition coefficient (Wildman–Crippen LogP) is 1.99. The maximum absolute atomic E-state index is 4.29. The van der Waals surface area contributed by atoms with Crippen molar-refractivity contribution in [1.29, 1.82) is 0 Å². The molecular weight excluding hydrogens is 262 g/mol. The third-order valence-electron chi connectivity index (χ3n) is 5.06. The smallest absolute Gasteiger partial charge is 0.0843 e. The third-order valence-corrected chi connectivity index (χ3v) is 5.06. The zero-order valence-corrected chi connectivity index (χ0v) is 14.1. The molecule has 21 heavy (non-hydrogen) atoms. The van der Waals surface area contributed by atoms with Crippen molar-refractivity contribution in [2.24, 2.45) is 7.05 Å². The van der Waals surface area contributed by atoms with Crippen LogP contribution < -0.4 is 5.32 Å². The summed E-state index contributed by atoms with van der Waals surface area (Å²) in [6.07, 6.45) is 8.19. The molecule has 0 saturated carbocycles. The zero-order chi connectivity index (χ0) is 15.3. The van der Waals surface area contributed by atoms with Crippen LogP contribution in [0.25, 0.3) is 0 Å². The number of likely N-dealkylation sites (N-methyl/N-ethyl adjacent to an activating group) is 1. The van der Waals surface area contributed by atoms with Crippen LogP contribution in [0.5, 0.6) is 0 Å². The molecule has 0 bridgehead atoms. The van der Waals surface area contributed by atoms with E-state index < -0.39 is 0 Å². The molecule has 2 rings (SSSR count). The number of piperidine rings is 1. The van der Waals surface area contributed by atoms with Gasteiger partial charge in [-0.2, -0.15) is 0 Å². The molecule has 0 amide bonds. The number of likely N-dealkylation sites (tertiary alicyclic amines) is 1. The molecule has 1 fully saturated rings. The zero-order valence-electron chi connectivity index (χ0n) is 14.1. The van der Waals surface area contributed by atoms with Crippen LogP contribution in [0.4, 0.5) is 0 Å². The average Bonchev–Trinajstić information content (AvgIpc) is 2.92. The lowest BCUT2D eigenvalue weighted by atomic mass is 9.83. The van der Waals surface area contributed by atoms with Crippen LogP contribution in [0.1, 0.15) is 52.1 Å². The first kappa shape index (κ1) is 16.4. The largest absolute Gasteiger partial charge is 0.312 e. The molecule has 0 radical (unpaired) electrons. The molecule has 2 unspecified atom stereocenters. The lowest BCUT2D eigenvalue weighted by Gasteiger charge is -2.48. The Hall–Kier alpha value is -0.940. The molecule has 1 aromatic rings. The molecule has 1 aliphatic heterocycles. The Morgan fingerprint density at radius 3 is 2.52 bits per heavy atom. The van der Waals surface area contributed by atoms with Gasteiger partial charge in [0.1, 0.15) is 0 Å². The summed E-state index contributed by atoms with van der Waals surface area (Å²) in [5, 5.41) is 12.1. The van der Waals surface area contributed by atoms with Gasteiger partial charge in [-0.25, -0.2) is 0 Å². The van der Waals surface area contributed by atoms with Crippen molar-refractivity contribution in [2.75, 3.05) is 19.6 Å². The molecule has 120 valence electrons. The number of rotatable bonds is 7. The lowest BCUT2D eigenvalue weighted by molar-refractivity contribution is 0.0431. The van der Waals surface area contributed by atoms with Crippen molar-refractivity contribution < 1.29 is 0 Å². The van der Waals surface area contributed by atoms with Crippen LogP contribution >= 0.6 is 0 Å². The summed E-state index contributed by atoms with van der Waals surface area (Å²) in [4.78, 5) is 2.69. The van der Waals surface area contributed by atoms with Crippen LogP contribution in [-0.2, 0) is 13.5 Å². The Labute approximate surface area is 129 Å². The number of hydrogen-bond acceptors (Lipinski definition) is 4. The van der Waals surface area contributed by atoms with Crippen molar-refractivity contribution in [3.8, 4) is 0 Å². The van der Waals surface area contributed by atoms with E-state index in [-0.39, 0.29) is 5.54 Å². The van der Waals surface area contributed by atoms with E-state index in [0.717, 1.165) is 25.1 Å². The maximum atomic E-state index is 4.29. The molecule has 0 spiro atoms. The van der Waals surface area contributed by atoms with Gasteiger partial charge in [-0.1, -0.05) is 25.5 Å². The van der Waals surface area contributed by atoms with Crippen molar-refractivity contribution in [1.82, 2.24) is 25.2 Å². The predicted molar refractivity (Wildman–Crippen MR) is 86.3 cm³/mol. The van der Waals surface area contributed by atoms with Gasteiger partial charge in [0.05, 0.1) is 5.69 Å². The highest BCUT2D eigenvalue weighted by atomic mass is 15.4. The van der Waals surface area contributed by atoms with Crippen molar-refractivity contribution in [3.63, 3.8) is 0 Å². The van der Waals surface area contributed by atoms with Crippen molar-refractivity contribution in [2.45, 2.75) is 64.5 Å². The molecule has 5 nitrogen and oxygen atoms in total. The van der Waals surface area contributed by atoms with Gasteiger partial charge in [-0.05, 0) is 45.8 Å². The Morgan fingerprint density at radius 1 is 1.29 bits per heavy atom. The molecule has 0 aliphatic carbocycles. The fourth-order valence-corrected chi connectivity index (χ4v) is 3.55. The topological polar surface area (TPSA) is 46.0 Å². The van der Waals surface area contributed by atoms with Crippen LogP contribution in [-0.4, -0.2) is 51.1 Å². The number of aromatic nitrogens is 3. The molecule has 0 aromatic carbocycles. The summed E-state index contributed by atoms with van der Waals surface area (Å²) in [7, 11) is 1.93. The summed E-state index contributed by atoms with van der Waals surface area (Å²) in [5.74, 6) is 0. The summed E-state index contributed by atoms with van der Waals surface area (Å²) in [6.45, 7) is 10.4. The standard InChI is InChI=1S/C16H31N5/c1-5-16(3,21-10-8-7-9-11-21)15(17-6-2)12-14-13-20(4)19-18-14/h13,15,17H,5-12H2,1-4H3. The Morgan fingerprint density at radius 2 is 2.00 bits per heavy atom. The first-order valence-corrected chi connectivity index (χ1v) is 8.43. The normalized spacial score (nSPS) is 21.1. The van der Waals surface area contributed by atoms with E-state index in [2.05, 4.69) is 41.3 Å². The van der Waals surface area contributed by atoms with Gasteiger partial charge in [0, 0.05) is 31.2 Å². The van der Waals surface area contributed by atoms with Gasteiger partial charge in [-0.15, -0.1) is 5.10 Å². The fourth-order valence-electron chi connectivity index (χ4n) is 3.55. The number of aryl methyl sites for hydroxylation is 1.